The van der Waals surface area contributed by atoms with Gasteiger partial charge in [-0.2, -0.15) is 0 Å². The number of halogens is 2. The predicted molar refractivity (Wildman–Crippen MR) is 60.4 cm³/mol. The van der Waals surface area contributed by atoms with E-state index in [0.29, 0.717) is 11.1 Å². The van der Waals surface area contributed by atoms with Crippen LogP contribution in [0.1, 0.15) is 0 Å². The van der Waals surface area contributed by atoms with Crippen molar-refractivity contribution in [3.8, 4) is 5.75 Å². The molecule has 0 spiro atoms. The first-order valence-electron chi connectivity index (χ1n) is 4.21. The van der Waals surface area contributed by atoms with Crippen LogP contribution in [0.2, 0.25) is 10.0 Å². The first-order chi connectivity index (χ1) is 7.90. The van der Waals surface area contributed by atoms with Crippen molar-refractivity contribution in [1.82, 2.24) is 0 Å². The van der Waals surface area contributed by atoms with E-state index in [0.717, 1.165) is 0 Å². The number of ether oxygens (including phenoxy) is 1. The third kappa shape index (κ3) is 3.97. The van der Waals surface area contributed by atoms with Gasteiger partial charge in [0.1, 0.15) is 5.75 Å². The Bertz CT molecular complexity index is 495. The molecule has 1 aromatic rings. The highest BCUT2D eigenvalue weighted by Crippen LogP contribution is 2.28. The summed E-state index contributed by atoms with van der Waals surface area (Å²) in [4.78, 5) is 21.1. The summed E-state index contributed by atoms with van der Waals surface area (Å²) in [6.07, 6.45) is 0.424. The quantitative estimate of drug-likeness (QED) is 0.652. The molecule has 0 unspecified atom stereocenters. The van der Waals surface area contributed by atoms with Gasteiger partial charge in [0.2, 0.25) is 5.76 Å². The summed E-state index contributed by atoms with van der Waals surface area (Å²) in [5, 5.41) is 17.6. The maximum atomic E-state index is 10.7. The van der Waals surface area contributed by atoms with Crippen LogP contribution in [0.15, 0.2) is 30.0 Å². The highest BCUT2D eigenvalue weighted by atomic mass is 35.5. The van der Waals surface area contributed by atoms with Gasteiger partial charge in [0.15, 0.2) is 0 Å². The maximum absolute atomic E-state index is 10.7. The number of rotatable bonds is 4. The molecule has 0 radical (unpaired) electrons. The van der Waals surface area contributed by atoms with Gasteiger partial charge in [-0.25, -0.2) is 9.59 Å². The molecular weight excluding hydrogens is 271 g/mol. The van der Waals surface area contributed by atoms with E-state index in [9.17, 15) is 9.59 Å². The molecule has 0 aliphatic heterocycles. The van der Waals surface area contributed by atoms with E-state index >= 15 is 0 Å². The molecule has 0 fully saturated rings. The molecule has 0 aromatic heterocycles. The van der Waals surface area contributed by atoms with Gasteiger partial charge in [0.25, 0.3) is 0 Å². The summed E-state index contributed by atoms with van der Waals surface area (Å²) in [7, 11) is 0. The maximum Gasteiger partial charge on any atom is 0.372 e. The zero-order valence-corrected chi connectivity index (χ0v) is 9.70. The lowest BCUT2D eigenvalue weighted by Crippen LogP contribution is -2.10. The minimum absolute atomic E-state index is 0.00552. The molecule has 2 N–H and O–H groups in total. The average Bonchev–Trinajstić information content (AvgIpc) is 2.19. The lowest BCUT2D eigenvalue weighted by Gasteiger charge is -2.07. The smallest absolute Gasteiger partial charge is 0.372 e. The van der Waals surface area contributed by atoms with Gasteiger partial charge in [-0.3, -0.25) is 0 Å². The largest absolute Gasteiger partial charge is 0.478 e. The fourth-order valence-corrected chi connectivity index (χ4v) is 1.37. The summed E-state index contributed by atoms with van der Waals surface area (Å²) >= 11 is 11.4. The summed E-state index contributed by atoms with van der Waals surface area (Å²) in [6, 6.07) is 4.12. The number of carboxylic acids is 2. The van der Waals surface area contributed by atoms with Gasteiger partial charge in [-0.05, 0) is 18.2 Å². The standard InChI is InChI=1S/C10H6Cl2O5/c11-5-1-2-7(6(12)3-5)17-8(10(15)16)4-9(13)14/h1-4H,(H,13,14)(H,15,16)/b8-4+. The molecule has 90 valence electrons. The molecule has 5 nitrogen and oxygen atoms in total. The van der Waals surface area contributed by atoms with Gasteiger partial charge in [0, 0.05) is 5.02 Å². The fourth-order valence-electron chi connectivity index (χ4n) is 0.923. The summed E-state index contributed by atoms with van der Waals surface area (Å²) in [5.41, 5.74) is 0. The van der Waals surface area contributed by atoms with Crippen molar-refractivity contribution >= 4 is 35.1 Å². The zero-order chi connectivity index (χ0) is 13.0. The van der Waals surface area contributed by atoms with Crippen LogP contribution in [-0.2, 0) is 9.59 Å². The molecular formula is C10H6Cl2O5. The minimum Gasteiger partial charge on any atom is -0.478 e. The van der Waals surface area contributed by atoms with Crippen LogP contribution in [0.3, 0.4) is 0 Å². The fraction of sp³-hybridized carbons (Fsp3) is 0. The number of carboxylic acid groups (broad SMARTS) is 2. The van der Waals surface area contributed by atoms with E-state index in [4.69, 9.17) is 38.2 Å². The molecule has 1 aromatic carbocycles. The Balaban J connectivity index is 3.02. The second-order valence-corrected chi connectivity index (χ2v) is 3.67. The first-order valence-corrected chi connectivity index (χ1v) is 4.96. The number of aliphatic carboxylic acids is 2. The Kier molecular flexibility index (Phi) is 4.37. The second-order valence-electron chi connectivity index (χ2n) is 2.83. The topological polar surface area (TPSA) is 83.8 Å². The van der Waals surface area contributed by atoms with Crippen molar-refractivity contribution in [2.45, 2.75) is 0 Å². The molecule has 0 bridgehead atoms. The van der Waals surface area contributed by atoms with Crippen molar-refractivity contribution < 1.29 is 24.5 Å². The number of carbonyl (C=O) groups is 2. The normalized spacial score (nSPS) is 11.1. The van der Waals surface area contributed by atoms with Crippen LogP contribution in [0.4, 0.5) is 0 Å². The van der Waals surface area contributed by atoms with E-state index in [1.165, 1.54) is 18.2 Å². The molecule has 0 saturated heterocycles. The van der Waals surface area contributed by atoms with Crippen molar-refractivity contribution in [1.29, 1.82) is 0 Å². The lowest BCUT2D eigenvalue weighted by molar-refractivity contribution is -0.137. The Labute approximate surface area is 106 Å². The molecule has 17 heavy (non-hydrogen) atoms. The third-order valence-corrected chi connectivity index (χ3v) is 2.11. The summed E-state index contributed by atoms with van der Waals surface area (Å²) in [5.74, 6) is -3.70. The molecule has 0 heterocycles. The molecule has 0 aliphatic rings. The first kappa shape index (κ1) is 13.3. The van der Waals surface area contributed by atoms with Crippen molar-refractivity contribution in [3.05, 3.63) is 40.1 Å². The van der Waals surface area contributed by atoms with E-state index in [1.807, 2.05) is 0 Å². The molecule has 0 atom stereocenters. The number of hydrogen-bond donors (Lipinski definition) is 2. The average molecular weight is 277 g/mol. The number of hydrogen-bond acceptors (Lipinski definition) is 3. The van der Waals surface area contributed by atoms with Gasteiger partial charge in [-0.15, -0.1) is 0 Å². The van der Waals surface area contributed by atoms with Crippen molar-refractivity contribution in [3.63, 3.8) is 0 Å². The van der Waals surface area contributed by atoms with Crippen LogP contribution in [0, 0.1) is 0 Å². The van der Waals surface area contributed by atoms with Crippen LogP contribution < -0.4 is 4.74 Å². The molecule has 1 rings (SSSR count). The molecule has 0 amide bonds. The second kappa shape index (κ2) is 5.56. The summed E-state index contributed by atoms with van der Waals surface area (Å²) < 4.78 is 4.86. The Morgan fingerprint density at radius 3 is 2.35 bits per heavy atom. The molecule has 0 aliphatic carbocycles. The number of benzene rings is 1. The van der Waals surface area contributed by atoms with E-state index in [2.05, 4.69) is 0 Å². The van der Waals surface area contributed by atoms with Crippen LogP contribution in [0.25, 0.3) is 0 Å². The van der Waals surface area contributed by atoms with Crippen LogP contribution >= 0.6 is 23.2 Å². The van der Waals surface area contributed by atoms with E-state index in [1.54, 1.807) is 0 Å². The Hall–Kier alpha value is -1.72. The van der Waals surface area contributed by atoms with Gasteiger partial charge < -0.3 is 14.9 Å². The highest BCUT2D eigenvalue weighted by Gasteiger charge is 2.14. The SMILES string of the molecule is O=C(O)/C=C(/Oc1ccc(Cl)cc1Cl)C(=O)O. The predicted octanol–water partition coefficient (Wildman–Crippen LogP) is 2.43. The van der Waals surface area contributed by atoms with Crippen LogP contribution in [0.5, 0.6) is 5.75 Å². The Morgan fingerprint density at radius 1 is 1.24 bits per heavy atom. The molecule has 0 saturated carbocycles. The van der Waals surface area contributed by atoms with Crippen LogP contribution in [-0.4, -0.2) is 22.2 Å². The monoisotopic (exact) mass is 276 g/mol. The van der Waals surface area contributed by atoms with E-state index in [-0.39, 0.29) is 10.8 Å². The van der Waals surface area contributed by atoms with Crippen molar-refractivity contribution in [2.75, 3.05) is 0 Å². The lowest BCUT2D eigenvalue weighted by atomic mass is 10.3. The third-order valence-electron chi connectivity index (χ3n) is 1.58. The molecule has 7 heteroatoms. The highest BCUT2D eigenvalue weighted by molar-refractivity contribution is 6.35. The Morgan fingerprint density at radius 2 is 1.88 bits per heavy atom. The minimum atomic E-state index is -1.52. The van der Waals surface area contributed by atoms with Crippen molar-refractivity contribution in [2.24, 2.45) is 0 Å². The van der Waals surface area contributed by atoms with Gasteiger partial charge in [0.05, 0.1) is 11.1 Å². The van der Waals surface area contributed by atoms with Gasteiger partial charge in [-0.1, -0.05) is 23.2 Å². The summed E-state index contributed by atoms with van der Waals surface area (Å²) in [6.45, 7) is 0. The van der Waals surface area contributed by atoms with Gasteiger partial charge >= 0.3 is 11.9 Å². The zero-order valence-electron chi connectivity index (χ0n) is 8.18. The van der Waals surface area contributed by atoms with E-state index < -0.39 is 17.7 Å².